The lowest BCUT2D eigenvalue weighted by atomic mass is 10.1. The molecule has 1 aromatic carbocycles. The fraction of sp³-hybridized carbons (Fsp3) is 0.231. The van der Waals surface area contributed by atoms with Gasteiger partial charge in [-0.2, -0.15) is 0 Å². The first kappa shape index (κ1) is 13.1. The number of aromatic nitrogens is 1. The van der Waals surface area contributed by atoms with Crippen LogP contribution >= 0.6 is 0 Å². The van der Waals surface area contributed by atoms with E-state index in [1.165, 1.54) is 0 Å². The smallest absolute Gasteiger partial charge is 0.320 e. The molecule has 0 aliphatic heterocycles. The number of aryl methyl sites for hydroxylation is 1. The predicted molar refractivity (Wildman–Crippen MR) is 69.5 cm³/mol. The minimum absolute atomic E-state index is 0.0136. The molecule has 19 heavy (non-hydrogen) atoms. The van der Waals surface area contributed by atoms with Crippen molar-refractivity contribution in [1.82, 2.24) is 10.5 Å². The lowest BCUT2D eigenvalue weighted by Crippen LogP contribution is -2.28. The van der Waals surface area contributed by atoms with Crippen LogP contribution in [0.2, 0.25) is 0 Å². The molecule has 2 aromatic rings. The van der Waals surface area contributed by atoms with E-state index in [9.17, 15) is 4.79 Å². The van der Waals surface area contributed by atoms with Crippen LogP contribution in [0, 0.1) is 6.92 Å². The van der Waals surface area contributed by atoms with Crippen LogP contribution in [0.15, 0.2) is 34.9 Å². The maximum absolute atomic E-state index is 11.6. The Hall–Kier alpha value is -2.34. The first-order chi connectivity index (χ1) is 9.17. The van der Waals surface area contributed by atoms with Crippen molar-refractivity contribution in [2.24, 2.45) is 0 Å². The van der Waals surface area contributed by atoms with Gasteiger partial charge in [-0.25, -0.2) is 4.79 Å². The Morgan fingerprint density at radius 2 is 2.00 bits per heavy atom. The summed E-state index contributed by atoms with van der Waals surface area (Å²) in [7, 11) is 0. The second kappa shape index (κ2) is 6.01. The van der Waals surface area contributed by atoms with Crippen LogP contribution in [0.5, 0.6) is 0 Å². The molecule has 3 N–H and O–H groups in total. The first-order valence-electron chi connectivity index (χ1n) is 5.84. The Bertz CT molecular complexity index is 549. The maximum Gasteiger partial charge on any atom is 0.320 e. The molecule has 6 nitrogen and oxygen atoms in total. The Balaban J connectivity index is 1.82. The summed E-state index contributed by atoms with van der Waals surface area (Å²) in [6.45, 7) is 2.16. The number of amides is 2. The van der Waals surface area contributed by atoms with E-state index in [2.05, 4.69) is 15.8 Å². The minimum Gasteiger partial charge on any atom is -0.392 e. The number of anilines is 1. The van der Waals surface area contributed by atoms with Crippen molar-refractivity contribution in [3.8, 4) is 0 Å². The fourth-order valence-corrected chi connectivity index (χ4v) is 1.53. The molecule has 0 aliphatic carbocycles. The van der Waals surface area contributed by atoms with Crippen LogP contribution in [-0.2, 0) is 13.2 Å². The molecule has 1 heterocycles. The Kier molecular flexibility index (Phi) is 4.15. The standard InChI is InChI=1S/C13H15N3O3/c1-9-6-12(16-19-9)15-13(18)14-7-10-2-4-11(8-17)5-3-10/h2-6,17H,7-8H2,1H3,(H2,14,15,16,18). The van der Waals surface area contributed by atoms with Crippen molar-refractivity contribution in [3.63, 3.8) is 0 Å². The fourth-order valence-electron chi connectivity index (χ4n) is 1.53. The average molecular weight is 261 g/mol. The highest BCUT2D eigenvalue weighted by atomic mass is 16.5. The van der Waals surface area contributed by atoms with E-state index in [0.717, 1.165) is 11.1 Å². The largest absolute Gasteiger partial charge is 0.392 e. The zero-order valence-electron chi connectivity index (χ0n) is 10.5. The summed E-state index contributed by atoms with van der Waals surface area (Å²) in [4.78, 5) is 11.6. The zero-order chi connectivity index (χ0) is 13.7. The number of aliphatic hydroxyl groups is 1. The van der Waals surface area contributed by atoms with E-state index >= 15 is 0 Å². The number of hydrogen-bond acceptors (Lipinski definition) is 4. The Labute approximate surface area is 110 Å². The van der Waals surface area contributed by atoms with Crippen molar-refractivity contribution in [1.29, 1.82) is 0 Å². The van der Waals surface area contributed by atoms with Gasteiger partial charge in [-0.1, -0.05) is 29.4 Å². The molecule has 0 bridgehead atoms. The number of carbonyl (C=O) groups excluding carboxylic acids is 1. The summed E-state index contributed by atoms with van der Waals surface area (Å²) >= 11 is 0. The molecule has 0 spiro atoms. The lowest BCUT2D eigenvalue weighted by Gasteiger charge is -2.05. The number of urea groups is 1. The van der Waals surface area contributed by atoms with Crippen LogP contribution in [0.25, 0.3) is 0 Å². The van der Waals surface area contributed by atoms with E-state index in [4.69, 9.17) is 9.63 Å². The van der Waals surface area contributed by atoms with Gasteiger partial charge in [0.25, 0.3) is 0 Å². The van der Waals surface area contributed by atoms with Crippen molar-refractivity contribution in [3.05, 3.63) is 47.2 Å². The van der Waals surface area contributed by atoms with Gasteiger partial charge in [0.1, 0.15) is 5.76 Å². The zero-order valence-corrected chi connectivity index (χ0v) is 10.5. The van der Waals surface area contributed by atoms with Gasteiger partial charge in [0, 0.05) is 12.6 Å². The predicted octanol–water partition coefficient (Wildman–Crippen LogP) is 1.80. The molecule has 0 atom stereocenters. The van der Waals surface area contributed by atoms with Crippen molar-refractivity contribution in [2.75, 3.05) is 5.32 Å². The Morgan fingerprint density at radius 3 is 2.58 bits per heavy atom. The van der Waals surface area contributed by atoms with Gasteiger partial charge in [0.15, 0.2) is 5.82 Å². The second-order valence-electron chi connectivity index (χ2n) is 4.11. The highest BCUT2D eigenvalue weighted by Crippen LogP contribution is 2.07. The quantitative estimate of drug-likeness (QED) is 0.783. The third-order valence-corrected chi connectivity index (χ3v) is 2.53. The molecule has 6 heteroatoms. The van der Waals surface area contributed by atoms with E-state index in [0.29, 0.717) is 18.1 Å². The molecule has 2 rings (SSSR count). The van der Waals surface area contributed by atoms with Crippen LogP contribution in [-0.4, -0.2) is 16.3 Å². The van der Waals surface area contributed by atoms with Crippen LogP contribution < -0.4 is 10.6 Å². The molecular weight excluding hydrogens is 246 g/mol. The highest BCUT2D eigenvalue weighted by Gasteiger charge is 2.05. The molecule has 0 unspecified atom stereocenters. The normalized spacial score (nSPS) is 10.2. The van der Waals surface area contributed by atoms with Gasteiger partial charge >= 0.3 is 6.03 Å². The summed E-state index contributed by atoms with van der Waals surface area (Å²) in [6, 6.07) is 8.62. The molecule has 0 saturated heterocycles. The molecule has 2 amide bonds. The number of aliphatic hydroxyl groups excluding tert-OH is 1. The van der Waals surface area contributed by atoms with E-state index in [1.54, 1.807) is 13.0 Å². The van der Waals surface area contributed by atoms with Crippen LogP contribution in [0.3, 0.4) is 0 Å². The van der Waals surface area contributed by atoms with Gasteiger partial charge in [0.2, 0.25) is 0 Å². The van der Waals surface area contributed by atoms with Crippen molar-refractivity contribution >= 4 is 11.8 Å². The average Bonchev–Trinajstić information content (AvgIpc) is 2.82. The molecule has 1 aromatic heterocycles. The number of nitrogens with one attached hydrogen (secondary N) is 2. The number of benzene rings is 1. The maximum atomic E-state index is 11.6. The highest BCUT2D eigenvalue weighted by molar-refractivity contribution is 5.88. The molecule has 0 aliphatic rings. The molecule has 0 saturated carbocycles. The van der Waals surface area contributed by atoms with E-state index < -0.39 is 0 Å². The van der Waals surface area contributed by atoms with Gasteiger partial charge in [-0.05, 0) is 18.1 Å². The topological polar surface area (TPSA) is 87.4 Å². The molecule has 0 fully saturated rings. The van der Waals surface area contributed by atoms with Crippen molar-refractivity contribution in [2.45, 2.75) is 20.1 Å². The number of nitrogens with zero attached hydrogens (tertiary/aromatic N) is 1. The van der Waals surface area contributed by atoms with Crippen LogP contribution in [0.1, 0.15) is 16.9 Å². The molecule has 0 radical (unpaired) electrons. The lowest BCUT2D eigenvalue weighted by molar-refractivity contribution is 0.251. The van der Waals surface area contributed by atoms with E-state index in [-0.39, 0.29) is 12.6 Å². The molecular formula is C13H15N3O3. The van der Waals surface area contributed by atoms with Gasteiger partial charge < -0.3 is 14.9 Å². The summed E-state index contributed by atoms with van der Waals surface area (Å²) in [5.41, 5.74) is 1.79. The number of rotatable bonds is 4. The van der Waals surface area contributed by atoms with Gasteiger partial charge in [-0.3, -0.25) is 5.32 Å². The number of hydrogen-bond donors (Lipinski definition) is 3. The summed E-state index contributed by atoms with van der Waals surface area (Å²) in [6.07, 6.45) is 0. The van der Waals surface area contributed by atoms with E-state index in [1.807, 2.05) is 24.3 Å². The molecule has 100 valence electrons. The Morgan fingerprint density at radius 1 is 1.32 bits per heavy atom. The SMILES string of the molecule is Cc1cc(NC(=O)NCc2ccc(CO)cc2)no1. The first-order valence-corrected chi connectivity index (χ1v) is 5.84. The van der Waals surface area contributed by atoms with Gasteiger partial charge in [-0.15, -0.1) is 0 Å². The van der Waals surface area contributed by atoms with Crippen molar-refractivity contribution < 1.29 is 14.4 Å². The summed E-state index contributed by atoms with van der Waals surface area (Å²) in [5, 5.41) is 17.8. The number of carbonyl (C=O) groups is 1. The third-order valence-electron chi connectivity index (χ3n) is 2.53. The second-order valence-corrected chi connectivity index (χ2v) is 4.11. The third kappa shape index (κ3) is 3.82. The van der Waals surface area contributed by atoms with Crippen LogP contribution in [0.4, 0.5) is 10.6 Å². The minimum atomic E-state index is -0.348. The van der Waals surface area contributed by atoms with Gasteiger partial charge in [0.05, 0.1) is 6.61 Å². The summed E-state index contributed by atoms with van der Waals surface area (Å²) in [5.74, 6) is 1.01. The summed E-state index contributed by atoms with van der Waals surface area (Å²) < 4.78 is 4.84. The monoisotopic (exact) mass is 261 g/mol.